The molecule has 0 saturated heterocycles. The Morgan fingerprint density at radius 3 is 2.88 bits per heavy atom. The molecule has 2 aromatic rings. The Morgan fingerprint density at radius 2 is 2.25 bits per heavy atom. The average molecular weight is 242 g/mol. The van der Waals surface area contributed by atoms with Crippen LogP contribution in [0.2, 0.25) is 0 Å². The summed E-state index contributed by atoms with van der Waals surface area (Å²) in [6.45, 7) is 0.0157. The number of nitrogens with one attached hydrogen (secondary N) is 1. The SMILES string of the molecule is O=c1[nH]c(=O)n(Cc2ccsc2)c(O)c1F. The van der Waals surface area contributed by atoms with Crippen LogP contribution in [0.1, 0.15) is 5.56 Å². The number of H-pyrrole nitrogens is 1. The molecule has 16 heavy (non-hydrogen) atoms. The van der Waals surface area contributed by atoms with Gasteiger partial charge in [-0.3, -0.25) is 14.3 Å². The van der Waals surface area contributed by atoms with Crippen LogP contribution >= 0.6 is 11.3 Å². The highest BCUT2D eigenvalue weighted by molar-refractivity contribution is 7.07. The van der Waals surface area contributed by atoms with E-state index in [2.05, 4.69) is 0 Å². The first kappa shape index (κ1) is 10.6. The van der Waals surface area contributed by atoms with Gasteiger partial charge in [0.1, 0.15) is 0 Å². The molecule has 0 bridgehead atoms. The summed E-state index contributed by atoms with van der Waals surface area (Å²) in [6.07, 6.45) is 0. The Kier molecular flexibility index (Phi) is 2.61. The molecule has 0 amide bonds. The quantitative estimate of drug-likeness (QED) is 0.804. The van der Waals surface area contributed by atoms with Crippen molar-refractivity contribution in [2.45, 2.75) is 6.54 Å². The van der Waals surface area contributed by atoms with Gasteiger partial charge in [0.25, 0.3) is 5.56 Å². The van der Waals surface area contributed by atoms with Crippen LogP contribution in [0.3, 0.4) is 0 Å². The lowest BCUT2D eigenvalue weighted by atomic mass is 10.3. The number of aromatic amines is 1. The average Bonchev–Trinajstić information content (AvgIpc) is 2.74. The van der Waals surface area contributed by atoms with Gasteiger partial charge in [-0.1, -0.05) is 0 Å². The Bertz CT molecular complexity index is 615. The first-order valence-corrected chi connectivity index (χ1v) is 5.26. The van der Waals surface area contributed by atoms with Crippen molar-refractivity contribution in [2.24, 2.45) is 0 Å². The zero-order valence-electron chi connectivity index (χ0n) is 7.94. The third-order valence-corrected chi connectivity index (χ3v) is 2.77. The first-order valence-electron chi connectivity index (χ1n) is 4.32. The maximum absolute atomic E-state index is 13.0. The Balaban J connectivity index is 2.53. The lowest BCUT2D eigenvalue weighted by Crippen LogP contribution is -2.32. The molecule has 0 radical (unpaired) electrons. The minimum atomic E-state index is -1.35. The van der Waals surface area contributed by atoms with Crippen LogP contribution in [0, 0.1) is 5.82 Å². The fourth-order valence-corrected chi connectivity index (χ4v) is 1.91. The third kappa shape index (κ3) is 1.76. The lowest BCUT2D eigenvalue weighted by Gasteiger charge is -2.06. The largest absolute Gasteiger partial charge is 0.492 e. The van der Waals surface area contributed by atoms with Crippen LogP contribution in [0.4, 0.5) is 4.39 Å². The second-order valence-electron chi connectivity index (χ2n) is 3.11. The number of aromatic hydroxyl groups is 1. The van der Waals surface area contributed by atoms with Gasteiger partial charge >= 0.3 is 5.69 Å². The Morgan fingerprint density at radius 1 is 1.50 bits per heavy atom. The van der Waals surface area contributed by atoms with E-state index in [4.69, 9.17) is 0 Å². The Labute approximate surface area is 92.4 Å². The molecule has 2 heterocycles. The van der Waals surface area contributed by atoms with E-state index in [1.807, 2.05) is 0 Å². The maximum atomic E-state index is 13.0. The molecule has 2 N–H and O–H groups in total. The fraction of sp³-hybridized carbons (Fsp3) is 0.111. The predicted molar refractivity (Wildman–Crippen MR) is 56.4 cm³/mol. The van der Waals surface area contributed by atoms with Crippen molar-refractivity contribution in [3.63, 3.8) is 0 Å². The zero-order valence-corrected chi connectivity index (χ0v) is 8.75. The molecule has 0 aliphatic carbocycles. The van der Waals surface area contributed by atoms with E-state index in [0.717, 1.165) is 10.1 Å². The van der Waals surface area contributed by atoms with Crippen molar-refractivity contribution >= 4 is 11.3 Å². The second kappa shape index (κ2) is 3.93. The van der Waals surface area contributed by atoms with Crippen molar-refractivity contribution < 1.29 is 9.50 Å². The molecule has 0 unspecified atom stereocenters. The maximum Gasteiger partial charge on any atom is 0.331 e. The van der Waals surface area contributed by atoms with Gasteiger partial charge in [0.05, 0.1) is 6.54 Å². The summed E-state index contributed by atoms with van der Waals surface area (Å²) in [5.41, 5.74) is -1.31. The van der Waals surface area contributed by atoms with Gasteiger partial charge < -0.3 is 5.11 Å². The number of thiophene rings is 1. The molecule has 5 nitrogen and oxygen atoms in total. The van der Waals surface area contributed by atoms with E-state index in [0.29, 0.717) is 0 Å². The van der Waals surface area contributed by atoms with E-state index in [1.54, 1.807) is 21.8 Å². The zero-order chi connectivity index (χ0) is 11.7. The van der Waals surface area contributed by atoms with E-state index >= 15 is 0 Å². The molecule has 0 fully saturated rings. The second-order valence-corrected chi connectivity index (χ2v) is 3.89. The molecule has 0 saturated carbocycles. The number of rotatable bonds is 2. The van der Waals surface area contributed by atoms with Gasteiger partial charge in [0.2, 0.25) is 11.7 Å². The van der Waals surface area contributed by atoms with Crippen LogP contribution < -0.4 is 11.2 Å². The number of hydrogen-bond donors (Lipinski definition) is 2. The van der Waals surface area contributed by atoms with Crippen molar-refractivity contribution in [3.8, 4) is 5.88 Å². The minimum absolute atomic E-state index is 0.0157. The van der Waals surface area contributed by atoms with Crippen LogP contribution in [0.15, 0.2) is 26.4 Å². The van der Waals surface area contributed by atoms with Crippen LogP contribution in [0.25, 0.3) is 0 Å². The summed E-state index contributed by atoms with van der Waals surface area (Å²) in [7, 11) is 0. The monoisotopic (exact) mass is 242 g/mol. The van der Waals surface area contributed by atoms with Crippen molar-refractivity contribution in [3.05, 3.63) is 49.0 Å². The number of aromatic nitrogens is 2. The fourth-order valence-electron chi connectivity index (χ4n) is 1.25. The van der Waals surface area contributed by atoms with Crippen molar-refractivity contribution in [1.82, 2.24) is 9.55 Å². The van der Waals surface area contributed by atoms with E-state index in [9.17, 15) is 19.1 Å². The molecule has 2 aromatic heterocycles. The molecule has 0 aliphatic rings. The topological polar surface area (TPSA) is 75.1 Å². The highest BCUT2D eigenvalue weighted by atomic mass is 32.1. The van der Waals surface area contributed by atoms with Crippen LogP contribution in [-0.4, -0.2) is 14.7 Å². The summed E-state index contributed by atoms with van der Waals surface area (Å²) < 4.78 is 13.8. The summed E-state index contributed by atoms with van der Waals surface area (Å²) >= 11 is 1.42. The van der Waals surface area contributed by atoms with Gasteiger partial charge in [0.15, 0.2) is 0 Å². The van der Waals surface area contributed by atoms with Crippen LogP contribution in [-0.2, 0) is 6.54 Å². The molecule has 0 atom stereocenters. The first-order chi connectivity index (χ1) is 7.59. The molecule has 0 aromatic carbocycles. The summed E-state index contributed by atoms with van der Waals surface area (Å²) in [6, 6.07) is 1.74. The van der Waals surface area contributed by atoms with Gasteiger partial charge in [-0.25, -0.2) is 4.79 Å². The third-order valence-electron chi connectivity index (χ3n) is 2.04. The van der Waals surface area contributed by atoms with Gasteiger partial charge in [-0.15, -0.1) is 0 Å². The smallest absolute Gasteiger partial charge is 0.331 e. The Hall–Kier alpha value is -1.89. The summed E-state index contributed by atoms with van der Waals surface area (Å²) in [5, 5.41) is 12.9. The van der Waals surface area contributed by atoms with E-state index < -0.39 is 22.9 Å². The standard InChI is InChI=1S/C9H7FN2O3S/c10-6-7(13)11-9(15)12(8(6)14)3-5-1-2-16-4-5/h1-2,4,14H,3H2,(H,11,13,15). The number of halogens is 1. The van der Waals surface area contributed by atoms with Gasteiger partial charge in [0, 0.05) is 0 Å². The van der Waals surface area contributed by atoms with Gasteiger partial charge in [-0.2, -0.15) is 15.7 Å². The molecule has 2 rings (SSSR count). The molecular formula is C9H7FN2O3S. The predicted octanol–water partition coefficient (Wildman–Crippen LogP) is 0.491. The molecule has 0 spiro atoms. The minimum Gasteiger partial charge on any atom is -0.492 e. The summed E-state index contributed by atoms with van der Waals surface area (Å²) in [5.74, 6) is -2.30. The number of nitrogens with zero attached hydrogens (tertiary/aromatic N) is 1. The van der Waals surface area contributed by atoms with E-state index in [-0.39, 0.29) is 6.54 Å². The molecule has 7 heteroatoms. The highest BCUT2D eigenvalue weighted by Crippen LogP contribution is 2.12. The molecule has 84 valence electrons. The summed E-state index contributed by atoms with van der Waals surface area (Å²) in [4.78, 5) is 23.9. The van der Waals surface area contributed by atoms with Crippen molar-refractivity contribution in [1.29, 1.82) is 0 Å². The highest BCUT2D eigenvalue weighted by Gasteiger charge is 2.13. The van der Waals surface area contributed by atoms with Gasteiger partial charge in [-0.05, 0) is 22.4 Å². The molecular weight excluding hydrogens is 235 g/mol. The van der Waals surface area contributed by atoms with E-state index in [1.165, 1.54) is 11.3 Å². The normalized spacial score (nSPS) is 10.6. The van der Waals surface area contributed by atoms with Crippen LogP contribution in [0.5, 0.6) is 5.88 Å². The molecule has 0 aliphatic heterocycles. The lowest BCUT2D eigenvalue weighted by molar-refractivity contribution is 0.367. The van der Waals surface area contributed by atoms with Crippen molar-refractivity contribution in [2.75, 3.05) is 0 Å². The number of hydrogen-bond acceptors (Lipinski definition) is 4.